The van der Waals surface area contributed by atoms with E-state index in [-0.39, 0.29) is 11.9 Å². The summed E-state index contributed by atoms with van der Waals surface area (Å²) in [7, 11) is 0. The van der Waals surface area contributed by atoms with Crippen LogP contribution >= 0.6 is 0 Å². The molecule has 0 amide bonds. The van der Waals surface area contributed by atoms with E-state index in [1.165, 1.54) is 19.3 Å². The van der Waals surface area contributed by atoms with Crippen LogP contribution in [0, 0.1) is 11.3 Å². The number of hydrogen-bond acceptors (Lipinski definition) is 3. The number of benzene rings is 1. The minimum Gasteiger partial charge on any atom is -0.474 e. The number of ether oxygens (including phenoxy) is 1. The molecule has 2 aromatic rings. The van der Waals surface area contributed by atoms with Crippen molar-refractivity contribution in [3.05, 3.63) is 35.9 Å². The predicted molar refractivity (Wildman–Crippen MR) is 84.8 cm³/mol. The monoisotopic (exact) mass is 283 g/mol. The topological polar surface area (TPSA) is 72.0 Å². The molecule has 0 bridgehead atoms. The van der Waals surface area contributed by atoms with Gasteiger partial charge in [-0.15, -0.1) is 0 Å². The lowest BCUT2D eigenvalue weighted by molar-refractivity contribution is 0.0977. The van der Waals surface area contributed by atoms with Gasteiger partial charge in [-0.05, 0) is 37.3 Å². The molecule has 1 heterocycles. The van der Waals surface area contributed by atoms with E-state index < -0.39 is 0 Å². The van der Waals surface area contributed by atoms with Gasteiger partial charge in [0.05, 0.1) is 11.1 Å². The minimum atomic E-state index is 0.00622. The van der Waals surface area contributed by atoms with E-state index in [9.17, 15) is 0 Å². The van der Waals surface area contributed by atoms with Crippen LogP contribution in [0.3, 0.4) is 0 Å². The molecule has 4 heteroatoms. The van der Waals surface area contributed by atoms with Crippen molar-refractivity contribution in [3.63, 3.8) is 0 Å². The fraction of sp³-hybridized carbons (Fsp3) is 0.412. The van der Waals surface area contributed by atoms with Crippen molar-refractivity contribution in [2.75, 3.05) is 0 Å². The highest BCUT2D eigenvalue weighted by Gasteiger charge is 2.25. The molecular weight excluding hydrogens is 262 g/mol. The van der Waals surface area contributed by atoms with E-state index in [0.717, 1.165) is 17.3 Å². The van der Waals surface area contributed by atoms with E-state index in [0.29, 0.717) is 17.4 Å². The smallest absolute Gasteiger partial charge is 0.225 e. The van der Waals surface area contributed by atoms with Crippen LogP contribution in [-0.2, 0) is 0 Å². The molecule has 21 heavy (non-hydrogen) atoms. The van der Waals surface area contributed by atoms with E-state index in [1.807, 2.05) is 30.3 Å². The van der Waals surface area contributed by atoms with Gasteiger partial charge in [0.15, 0.2) is 0 Å². The van der Waals surface area contributed by atoms with E-state index in [2.05, 4.69) is 11.9 Å². The molecule has 2 atom stereocenters. The fourth-order valence-corrected chi connectivity index (χ4v) is 2.98. The van der Waals surface area contributed by atoms with Crippen LogP contribution < -0.4 is 10.5 Å². The SMILES string of the molecule is CC1CCCCC1Oc1nc2ccccc2cc1C(=N)N. The zero-order valence-electron chi connectivity index (χ0n) is 12.3. The van der Waals surface area contributed by atoms with Crippen molar-refractivity contribution in [2.45, 2.75) is 38.7 Å². The Morgan fingerprint density at radius 1 is 1.29 bits per heavy atom. The van der Waals surface area contributed by atoms with Crippen LogP contribution in [-0.4, -0.2) is 16.9 Å². The van der Waals surface area contributed by atoms with E-state index in [4.69, 9.17) is 15.9 Å². The summed E-state index contributed by atoms with van der Waals surface area (Å²) >= 11 is 0. The molecule has 0 spiro atoms. The highest BCUT2D eigenvalue weighted by Crippen LogP contribution is 2.30. The van der Waals surface area contributed by atoms with Crippen LogP contribution in [0.4, 0.5) is 0 Å². The maximum Gasteiger partial charge on any atom is 0.225 e. The second-order valence-corrected chi connectivity index (χ2v) is 5.87. The number of nitrogens with two attached hydrogens (primary N) is 1. The molecule has 110 valence electrons. The van der Waals surface area contributed by atoms with Crippen LogP contribution in [0.2, 0.25) is 0 Å². The number of amidine groups is 1. The third kappa shape index (κ3) is 2.84. The highest BCUT2D eigenvalue weighted by molar-refractivity contribution is 6.00. The molecule has 1 aliphatic carbocycles. The molecular formula is C17H21N3O. The first-order valence-electron chi connectivity index (χ1n) is 7.56. The number of rotatable bonds is 3. The van der Waals surface area contributed by atoms with Gasteiger partial charge in [0, 0.05) is 5.39 Å². The van der Waals surface area contributed by atoms with Gasteiger partial charge in [-0.1, -0.05) is 31.5 Å². The van der Waals surface area contributed by atoms with Crippen LogP contribution in [0.25, 0.3) is 10.9 Å². The van der Waals surface area contributed by atoms with E-state index in [1.54, 1.807) is 0 Å². The van der Waals surface area contributed by atoms with Crippen molar-refractivity contribution < 1.29 is 4.74 Å². The Morgan fingerprint density at radius 2 is 2.05 bits per heavy atom. The van der Waals surface area contributed by atoms with Crippen molar-refractivity contribution in [1.29, 1.82) is 5.41 Å². The highest BCUT2D eigenvalue weighted by atomic mass is 16.5. The van der Waals surface area contributed by atoms with Gasteiger partial charge in [-0.25, -0.2) is 4.98 Å². The second kappa shape index (κ2) is 5.72. The first-order valence-corrected chi connectivity index (χ1v) is 7.56. The normalized spacial score (nSPS) is 22.1. The zero-order valence-corrected chi connectivity index (χ0v) is 12.3. The summed E-state index contributed by atoms with van der Waals surface area (Å²) in [4.78, 5) is 4.58. The summed E-state index contributed by atoms with van der Waals surface area (Å²) in [5.74, 6) is 1.03. The minimum absolute atomic E-state index is 0.00622. The Labute approximate surface area is 124 Å². The van der Waals surface area contributed by atoms with E-state index >= 15 is 0 Å². The Kier molecular flexibility index (Phi) is 3.78. The summed E-state index contributed by atoms with van der Waals surface area (Å²) < 4.78 is 6.14. The summed E-state index contributed by atoms with van der Waals surface area (Å²) in [5, 5.41) is 8.76. The number of nitrogens with zero attached hydrogens (tertiary/aromatic N) is 1. The lowest BCUT2D eigenvalue weighted by Crippen LogP contribution is -2.29. The molecule has 1 fully saturated rings. The number of nitrogens with one attached hydrogen (secondary N) is 1. The molecule has 0 saturated heterocycles. The van der Waals surface area contributed by atoms with Crippen molar-refractivity contribution >= 4 is 16.7 Å². The van der Waals surface area contributed by atoms with Gasteiger partial charge in [0.1, 0.15) is 11.9 Å². The molecule has 0 aliphatic heterocycles. The summed E-state index contributed by atoms with van der Waals surface area (Å²) in [6.07, 6.45) is 4.87. The first kappa shape index (κ1) is 13.9. The molecule has 1 aliphatic rings. The van der Waals surface area contributed by atoms with Crippen molar-refractivity contribution in [2.24, 2.45) is 11.7 Å². The summed E-state index contributed by atoms with van der Waals surface area (Å²) in [6, 6.07) is 9.74. The number of aromatic nitrogens is 1. The Morgan fingerprint density at radius 3 is 2.81 bits per heavy atom. The quantitative estimate of drug-likeness (QED) is 0.669. The molecule has 3 N–H and O–H groups in total. The van der Waals surface area contributed by atoms with Gasteiger partial charge in [0.2, 0.25) is 5.88 Å². The third-order valence-electron chi connectivity index (χ3n) is 4.27. The number of para-hydroxylation sites is 1. The number of nitrogen functional groups attached to an aromatic ring is 1. The lowest BCUT2D eigenvalue weighted by Gasteiger charge is -2.29. The van der Waals surface area contributed by atoms with Gasteiger partial charge in [-0.2, -0.15) is 0 Å². The van der Waals surface area contributed by atoms with Gasteiger partial charge in [-0.3, -0.25) is 5.41 Å². The Balaban J connectivity index is 1.99. The number of hydrogen-bond donors (Lipinski definition) is 2. The molecule has 3 rings (SSSR count). The summed E-state index contributed by atoms with van der Waals surface area (Å²) in [6.45, 7) is 2.22. The third-order valence-corrected chi connectivity index (χ3v) is 4.27. The number of pyridine rings is 1. The molecule has 1 aromatic carbocycles. The molecule has 1 aromatic heterocycles. The Hall–Kier alpha value is -2.10. The standard InChI is InChI=1S/C17H21N3O/c1-11-6-2-5-9-15(11)21-17-13(16(18)19)10-12-7-3-4-8-14(12)20-17/h3-4,7-8,10-11,15H,2,5-6,9H2,1H3,(H3,18,19). The van der Waals surface area contributed by atoms with Crippen LogP contribution in [0.5, 0.6) is 5.88 Å². The van der Waals surface area contributed by atoms with Crippen LogP contribution in [0.1, 0.15) is 38.2 Å². The second-order valence-electron chi connectivity index (χ2n) is 5.87. The lowest BCUT2D eigenvalue weighted by atomic mass is 9.88. The largest absolute Gasteiger partial charge is 0.474 e. The zero-order chi connectivity index (χ0) is 14.8. The Bertz CT molecular complexity index is 668. The fourth-order valence-electron chi connectivity index (χ4n) is 2.98. The molecule has 4 nitrogen and oxygen atoms in total. The van der Waals surface area contributed by atoms with Crippen LogP contribution in [0.15, 0.2) is 30.3 Å². The van der Waals surface area contributed by atoms with Gasteiger partial charge >= 0.3 is 0 Å². The maximum absolute atomic E-state index is 7.78. The average Bonchev–Trinajstić information content (AvgIpc) is 2.48. The number of fused-ring (bicyclic) bond motifs is 1. The maximum atomic E-state index is 7.78. The molecule has 1 saturated carbocycles. The van der Waals surface area contributed by atoms with Crippen molar-refractivity contribution in [3.8, 4) is 5.88 Å². The molecule has 2 unspecified atom stereocenters. The van der Waals surface area contributed by atoms with Gasteiger partial charge in [0.25, 0.3) is 0 Å². The first-order chi connectivity index (χ1) is 10.1. The molecule has 0 radical (unpaired) electrons. The summed E-state index contributed by atoms with van der Waals surface area (Å²) in [5.41, 5.74) is 7.17. The van der Waals surface area contributed by atoms with Gasteiger partial charge < -0.3 is 10.5 Å². The predicted octanol–water partition coefficient (Wildman–Crippen LogP) is 3.48. The average molecular weight is 283 g/mol. The van der Waals surface area contributed by atoms with Crippen molar-refractivity contribution in [1.82, 2.24) is 4.98 Å².